The van der Waals surface area contributed by atoms with Crippen LogP contribution >= 0.6 is 11.3 Å². The zero-order valence-corrected chi connectivity index (χ0v) is 14.1. The number of thiazole rings is 1. The summed E-state index contributed by atoms with van der Waals surface area (Å²) in [6.07, 6.45) is 0.410. The lowest BCUT2D eigenvalue weighted by Gasteiger charge is -2.22. The number of benzene rings is 1. The predicted molar refractivity (Wildman–Crippen MR) is 89.7 cm³/mol. The maximum Gasteiger partial charge on any atom is 0.333 e. The summed E-state index contributed by atoms with van der Waals surface area (Å²) >= 11 is 1.46. The molecule has 0 aliphatic rings. The van der Waals surface area contributed by atoms with E-state index in [4.69, 9.17) is 4.74 Å². The number of carbonyl (C=O) groups excluding carboxylic acids is 1. The molecule has 1 heterocycles. The van der Waals surface area contributed by atoms with Gasteiger partial charge < -0.3 is 4.74 Å². The number of carbonyl (C=O) groups is 1. The maximum absolute atomic E-state index is 11.7. The quantitative estimate of drug-likeness (QED) is 0.345. The molecule has 1 aromatic heterocycles. The normalized spacial score (nSPS) is 11.4. The van der Waals surface area contributed by atoms with E-state index < -0.39 is 16.3 Å². The molecule has 0 amide bonds. The Morgan fingerprint density at radius 1 is 1.48 bits per heavy atom. The fourth-order valence-electron chi connectivity index (χ4n) is 2.23. The molecule has 0 N–H and O–H groups in total. The van der Waals surface area contributed by atoms with Crippen molar-refractivity contribution in [1.29, 1.82) is 0 Å². The molecule has 0 saturated heterocycles. The van der Waals surface area contributed by atoms with Crippen molar-refractivity contribution in [1.82, 2.24) is 4.98 Å². The van der Waals surface area contributed by atoms with Crippen molar-refractivity contribution in [3.8, 4) is 0 Å². The zero-order chi connectivity index (χ0) is 17.2. The van der Waals surface area contributed by atoms with E-state index in [1.54, 1.807) is 13.0 Å². The number of ether oxygens (including phenoxy) is 1. The van der Waals surface area contributed by atoms with Crippen LogP contribution < -0.4 is 0 Å². The summed E-state index contributed by atoms with van der Waals surface area (Å²) in [4.78, 5) is 26.6. The Labute approximate surface area is 137 Å². The van der Waals surface area contributed by atoms with E-state index in [-0.39, 0.29) is 5.69 Å². The minimum Gasteiger partial charge on any atom is -0.463 e. The molecule has 0 spiro atoms. The highest BCUT2D eigenvalue weighted by molar-refractivity contribution is 7.18. The Morgan fingerprint density at radius 3 is 2.78 bits per heavy atom. The van der Waals surface area contributed by atoms with Crippen molar-refractivity contribution >= 4 is 33.2 Å². The van der Waals surface area contributed by atoms with Crippen molar-refractivity contribution in [2.24, 2.45) is 0 Å². The monoisotopic (exact) mass is 334 g/mol. The van der Waals surface area contributed by atoms with E-state index in [9.17, 15) is 14.9 Å². The van der Waals surface area contributed by atoms with Gasteiger partial charge in [-0.25, -0.2) is 9.78 Å². The van der Waals surface area contributed by atoms with Crippen molar-refractivity contribution in [2.75, 3.05) is 6.61 Å². The number of nitro benzene ring substituents is 1. The summed E-state index contributed by atoms with van der Waals surface area (Å²) in [6.45, 7) is 9.77. The van der Waals surface area contributed by atoms with Gasteiger partial charge in [0, 0.05) is 23.1 Å². The Hall–Kier alpha value is -2.28. The lowest BCUT2D eigenvalue weighted by Crippen LogP contribution is -2.21. The number of non-ortho nitro benzene ring substituents is 1. The second-order valence-corrected chi connectivity index (χ2v) is 6.84. The standard InChI is InChI=1S/C16H18N2O4S/c1-5-22-14(19)10(2)9-16(3,4)15-17-12-8-11(18(20)21)6-7-13(12)23-15/h6-8H,2,5,9H2,1,3-4H3. The molecule has 1 aromatic carbocycles. The van der Waals surface area contributed by atoms with Gasteiger partial charge in [-0.05, 0) is 19.4 Å². The van der Waals surface area contributed by atoms with Gasteiger partial charge in [0.25, 0.3) is 5.69 Å². The van der Waals surface area contributed by atoms with Gasteiger partial charge >= 0.3 is 5.97 Å². The molecule has 0 unspecified atom stereocenters. The van der Waals surface area contributed by atoms with Gasteiger partial charge in [-0.1, -0.05) is 20.4 Å². The van der Waals surface area contributed by atoms with E-state index in [1.165, 1.54) is 23.5 Å². The average molecular weight is 334 g/mol. The minimum absolute atomic E-state index is 0.0167. The topological polar surface area (TPSA) is 82.3 Å². The molecule has 2 rings (SSSR count). The lowest BCUT2D eigenvalue weighted by molar-refractivity contribution is -0.384. The third-order valence-electron chi connectivity index (χ3n) is 3.38. The van der Waals surface area contributed by atoms with Crippen LogP contribution in [0, 0.1) is 10.1 Å². The molecule has 0 radical (unpaired) electrons. The fourth-order valence-corrected chi connectivity index (χ4v) is 3.28. The number of hydrogen-bond acceptors (Lipinski definition) is 6. The smallest absolute Gasteiger partial charge is 0.333 e. The Kier molecular flexibility index (Phi) is 4.79. The van der Waals surface area contributed by atoms with Crippen LogP contribution in [0.1, 0.15) is 32.2 Å². The molecule has 0 bridgehead atoms. The highest BCUT2D eigenvalue weighted by Crippen LogP contribution is 2.36. The van der Waals surface area contributed by atoms with E-state index in [0.717, 1.165) is 9.71 Å². The Bertz CT molecular complexity index is 779. The fraction of sp³-hybridized carbons (Fsp3) is 0.375. The number of aromatic nitrogens is 1. The zero-order valence-electron chi connectivity index (χ0n) is 13.3. The molecule has 23 heavy (non-hydrogen) atoms. The van der Waals surface area contributed by atoms with Crippen molar-refractivity contribution in [3.63, 3.8) is 0 Å². The largest absolute Gasteiger partial charge is 0.463 e. The molecular formula is C16H18N2O4S. The predicted octanol–water partition coefficient (Wildman–Crippen LogP) is 3.99. The minimum atomic E-state index is -0.438. The van der Waals surface area contributed by atoms with Gasteiger partial charge in [0.1, 0.15) is 0 Å². The van der Waals surface area contributed by atoms with Gasteiger partial charge in [-0.2, -0.15) is 0 Å². The Balaban J connectivity index is 2.28. The summed E-state index contributed by atoms with van der Waals surface area (Å²) in [5.74, 6) is -0.405. The van der Waals surface area contributed by atoms with Crippen molar-refractivity contribution in [3.05, 3.63) is 45.5 Å². The van der Waals surface area contributed by atoms with Crippen LogP contribution in [0.2, 0.25) is 0 Å². The molecule has 7 heteroatoms. The first-order valence-electron chi connectivity index (χ1n) is 7.15. The molecule has 0 aliphatic heterocycles. The van der Waals surface area contributed by atoms with Crippen LogP contribution in [0.3, 0.4) is 0 Å². The summed E-state index contributed by atoms with van der Waals surface area (Å²) in [5, 5.41) is 11.7. The van der Waals surface area contributed by atoms with Crippen LogP contribution in [-0.4, -0.2) is 22.5 Å². The maximum atomic E-state index is 11.7. The number of esters is 1. The number of hydrogen-bond donors (Lipinski definition) is 0. The van der Waals surface area contributed by atoms with E-state index >= 15 is 0 Å². The van der Waals surface area contributed by atoms with Crippen LogP contribution in [-0.2, 0) is 14.9 Å². The molecule has 2 aromatic rings. The summed E-state index contributed by atoms with van der Waals surface area (Å²) in [6, 6.07) is 4.63. The summed E-state index contributed by atoms with van der Waals surface area (Å²) in [5.41, 5.74) is 0.585. The molecule has 0 atom stereocenters. The second kappa shape index (κ2) is 6.45. The molecule has 0 saturated carbocycles. The first-order chi connectivity index (χ1) is 10.7. The third kappa shape index (κ3) is 3.73. The molecule has 6 nitrogen and oxygen atoms in total. The Morgan fingerprint density at radius 2 is 2.17 bits per heavy atom. The van der Waals surface area contributed by atoms with Gasteiger partial charge in [-0.15, -0.1) is 11.3 Å². The van der Waals surface area contributed by atoms with Crippen molar-refractivity contribution < 1.29 is 14.5 Å². The first kappa shape index (κ1) is 17.1. The van der Waals surface area contributed by atoms with E-state index in [2.05, 4.69) is 11.6 Å². The average Bonchev–Trinajstić information content (AvgIpc) is 2.90. The SMILES string of the molecule is C=C(CC(C)(C)c1nc2cc([N+](=O)[O-])ccc2s1)C(=O)OCC. The number of nitrogens with zero attached hydrogens (tertiary/aromatic N) is 2. The highest BCUT2D eigenvalue weighted by Gasteiger charge is 2.28. The summed E-state index contributed by atoms with van der Waals surface area (Å²) in [7, 11) is 0. The molecule has 0 fully saturated rings. The van der Waals surface area contributed by atoms with Gasteiger partial charge in [0.05, 0.1) is 26.8 Å². The second-order valence-electron chi connectivity index (χ2n) is 5.81. The molecule has 0 aliphatic carbocycles. The number of nitro groups is 1. The van der Waals surface area contributed by atoms with E-state index in [1.807, 2.05) is 13.8 Å². The molecule has 122 valence electrons. The van der Waals surface area contributed by atoms with Crippen LogP contribution in [0.5, 0.6) is 0 Å². The number of fused-ring (bicyclic) bond motifs is 1. The third-order valence-corrected chi connectivity index (χ3v) is 4.78. The van der Waals surface area contributed by atoms with Crippen LogP contribution in [0.15, 0.2) is 30.4 Å². The van der Waals surface area contributed by atoms with Crippen LogP contribution in [0.25, 0.3) is 10.2 Å². The highest BCUT2D eigenvalue weighted by atomic mass is 32.1. The van der Waals surface area contributed by atoms with Crippen LogP contribution in [0.4, 0.5) is 5.69 Å². The van der Waals surface area contributed by atoms with E-state index in [0.29, 0.717) is 24.1 Å². The van der Waals surface area contributed by atoms with Gasteiger partial charge in [-0.3, -0.25) is 10.1 Å². The number of rotatable bonds is 6. The van der Waals surface area contributed by atoms with Gasteiger partial charge in [0.2, 0.25) is 0 Å². The van der Waals surface area contributed by atoms with Gasteiger partial charge in [0.15, 0.2) is 0 Å². The lowest BCUT2D eigenvalue weighted by atomic mass is 9.86. The summed E-state index contributed by atoms with van der Waals surface area (Å²) < 4.78 is 5.83. The molecular weight excluding hydrogens is 316 g/mol. The van der Waals surface area contributed by atoms with Crippen molar-refractivity contribution in [2.45, 2.75) is 32.6 Å². The first-order valence-corrected chi connectivity index (χ1v) is 7.96.